The highest BCUT2D eigenvalue weighted by molar-refractivity contribution is 6.38. The topological polar surface area (TPSA) is 138 Å². The van der Waals surface area contributed by atoms with E-state index >= 15 is 0 Å². The molecule has 2 aromatic rings. The van der Waals surface area contributed by atoms with E-state index in [0.29, 0.717) is 62.2 Å². The summed E-state index contributed by atoms with van der Waals surface area (Å²) < 4.78 is 5.19. The first-order chi connectivity index (χ1) is 17.0. The normalized spacial score (nSPS) is 17.8. The third-order valence-electron chi connectivity index (χ3n) is 6.16. The zero-order valence-electron chi connectivity index (χ0n) is 19.2. The fourth-order valence-electron chi connectivity index (χ4n) is 4.30. The number of fused-ring (bicyclic) bond motifs is 1. The smallest absolute Gasteiger partial charge is 0.290 e. The second-order valence-electron chi connectivity index (χ2n) is 8.34. The average molecular weight is 482 g/mol. The van der Waals surface area contributed by atoms with Crippen molar-refractivity contribution in [2.45, 2.75) is 18.9 Å². The molecule has 2 aliphatic rings. The highest BCUT2D eigenvalue weighted by Gasteiger charge is 2.37. The maximum Gasteiger partial charge on any atom is 0.290 e. The van der Waals surface area contributed by atoms with Crippen LogP contribution in [0.1, 0.15) is 23.2 Å². The molecule has 0 radical (unpaired) electrons. The van der Waals surface area contributed by atoms with Crippen molar-refractivity contribution in [3.8, 4) is 0 Å². The Bertz CT molecular complexity index is 1140. The van der Waals surface area contributed by atoms with Gasteiger partial charge in [0.25, 0.3) is 11.8 Å². The van der Waals surface area contributed by atoms with E-state index < -0.39 is 29.5 Å². The minimum atomic E-state index is -0.917. The fraction of sp³-hybridized carbons (Fsp3) is 0.417. The van der Waals surface area contributed by atoms with Gasteiger partial charge in [0, 0.05) is 31.2 Å². The van der Waals surface area contributed by atoms with Crippen LogP contribution in [0, 0.1) is 0 Å². The van der Waals surface area contributed by atoms with Crippen LogP contribution in [-0.4, -0.2) is 96.2 Å². The van der Waals surface area contributed by atoms with Crippen molar-refractivity contribution in [1.29, 1.82) is 0 Å². The summed E-state index contributed by atoms with van der Waals surface area (Å²) in [5.41, 5.74) is 1.05. The summed E-state index contributed by atoms with van der Waals surface area (Å²) >= 11 is 0. The van der Waals surface area contributed by atoms with Crippen LogP contribution in [0.25, 0.3) is 10.9 Å². The minimum Gasteiger partial charge on any atom is -0.378 e. The van der Waals surface area contributed by atoms with Crippen LogP contribution in [0.5, 0.6) is 0 Å². The summed E-state index contributed by atoms with van der Waals surface area (Å²) in [5, 5.41) is 5.64. The summed E-state index contributed by atoms with van der Waals surface area (Å²) in [6, 6.07) is 7.84. The maximum absolute atomic E-state index is 12.8. The number of nitrogens with one attached hydrogen (secondary N) is 2. The van der Waals surface area contributed by atoms with Crippen LogP contribution in [0.3, 0.4) is 0 Å². The number of carbonyl (C=O) groups is 5. The number of carbonyl (C=O) groups excluding carboxylic acids is 5. The van der Waals surface area contributed by atoms with Crippen LogP contribution >= 0.6 is 0 Å². The zero-order chi connectivity index (χ0) is 24.8. The molecular formula is C24H27N5O6. The predicted octanol–water partition coefficient (Wildman–Crippen LogP) is -0.500. The van der Waals surface area contributed by atoms with Crippen LogP contribution in [-0.2, 0) is 23.9 Å². The summed E-state index contributed by atoms with van der Waals surface area (Å²) in [4.78, 5) is 69.9. The Morgan fingerprint density at radius 2 is 1.69 bits per heavy atom. The van der Waals surface area contributed by atoms with Crippen molar-refractivity contribution in [1.82, 2.24) is 25.4 Å². The molecule has 11 heteroatoms. The highest BCUT2D eigenvalue weighted by atomic mass is 16.5. The largest absolute Gasteiger partial charge is 0.378 e. The number of nitrogens with zero attached hydrogens (tertiary/aromatic N) is 3. The molecule has 0 aliphatic carbocycles. The van der Waals surface area contributed by atoms with Gasteiger partial charge >= 0.3 is 0 Å². The lowest BCUT2D eigenvalue weighted by Crippen LogP contribution is -2.51. The molecule has 2 saturated heterocycles. The van der Waals surface area contributed by atoms with Gasteiger partial charge in [0.2, 0.25) is 17.6 Å². The lowest BCUT2D eigenvalue weighted by molar-refractivity contribution is -0.145. The van der Waals surface area contributed by atoms with E-state index in [1.807, 2.05) is 6.07 Å². The quantitative estimate of drug-likeness (QED) is 0.509. The molecule has 11 nitrogen and oxygen atoms in total. The molecule has 1 aromatic carbocycles. The Morgan fingerprint density at radius 1 is 0.943 bits per heavy atom. The SMILES string of the molecule is O=C(NCC(=O)N1CCOCC1)C(=O)[C@@H]1CCCN1C(=O)CNC(=O)c1ccnc2ccccc12. The highest BCUT2D eigenvalue weighted by Crippen LogP contribution is 2.19. The number of benzene rings is 1. The van der Waals surface area contributed by atoms with Crippen molar-refractivity contribution in [3.05, 3.63) is 42.1 Å². The van der Waals surface area contributed by atoms with Crippen LogP contribution in [0.2, 0.25) is 0 Å². The minimum absolute atomic E-state index is 0.290. The van der Waals surface area contributed by atoms with E-state index in [2.05, 4.69) is 15.6 Å². The summed E-state index contributed by atoms with van der Waals surface area (Å²) in [6.07, 6.45) is 2.43. The van der Waals surface area contributed by atoms with Crippen molar-refractivity contribution < 1.29 is 28.7 Å². The third-order valence-corrected chi connectivity index (χ3v) is 6.16. The van der Waals surface area contributed by atoms with Crippen LogP contribution < -0.4 is 10.6 Å². The number of rotatable bonds is 7. The molecule has 184 valence electrons. The molecule has 0 spiro atoms. The molecular weight excluding hydrogens is 454 g/mol. The van der Waals surface area contributed by atoms with E-state index in [1.165, 1.54) is 11.1 Å². The Hall–Kier alpha value is -3.86. The fourth-order valence-corrected chi connectivity index (χ4v) is 4.30. The average Bonchev–Trinajstić information content (AvgIpc) is 3.39. The maximum atomic E-state index is 12.8. The standard InChI is InChI=1S/C24H27N5O6/c30-20(28-10-12-35-13-11-28)14-27-24(34)22(32)19-6-3-9-29(19)21(31)15-26-23(33)17-7-8-25-18-5-2-1-4-16(17)18/h1-2,4-5,7-8,19H,3,6,9-15H2,(H,26,33)(H,27,34)/t19-/m0/s1. The monoisotopic (exact) mass is 481 g/mol. The number of amides is 4. The molecule has 4 rings (SSSR count). The van der Waals surface area contributed by atoms with E-state index in [1.54, 1.807) is 29.2 Å². The lowest BCUT2D eigenvalue weighted by atomic mass is 10.1. The molecule has 2 aliphatic heterocycles. The second kappa shape index (κ2) is 11.0. The number of pyridine rings is 1. The van der Waals surface area contributed by atoms with E-state index in [-0.39, 0.29) is 19.0 Å². The number of likely N-dealkylation sites (tertiary alicyclic amines) is 1. The van der Waals surface area contributed by atoms with Crippen LogP contribution in [0.15, 0.2) is 36.5 Å². The number of aromatic nitrogens is 1. The van der Waals surface area contributed by atoms with Gasteiger partial charge < -0.3 is 25.2 Å². The second-order valence-corrected chi connectivity index (χ2v) is 8.34. The zero-order valence-corrected chi connectivity index (χ0v) is 19.2. The van der Waals surface area contributed by atoms with Gasteiger partial charge in [-0.05, 0) is 25.0 Å². The Kier molecular flexibility index (Phi) is 7.66. The first-order valence-electron chi connectivity index (χ1n) is 11.5. The van der Waals surface area contributed by atoms with Crippen LogP contribution in [0.4, 0.5) is 0 Å². The van der Waals surface area contributed by atoms with Crippen molar-refractivity contribution in [2.75, 3.05) is 45.9 Å². The number of morpholine rings is 1. The number of para-hydroxylation sites is 1. The van der Waals surface area contributed by atoms with Gasteiger partial charge in [-0.1, -0.05) is 18.2 Å². The predicted molar refractivity (Wildman–Crippen MR) is 124 cm³/mol. The van der Waals surface area contributed by atoms with Crippen molar-refractivity contribution in [2.24, 2.45) is 0 Å². The summed E-state index contributed by atoms with van der Waals surface area (Å²) in [5.74, 6) is -2.84. The molecule has 1 aromatic heterocycles. The number of ketones is 1. The molecule has 35 heavy (non-hydrogen) atoms. The number of hydrogen-bond donors (Lipinski definition) is 2. The first kappa shape index (κ1) is 24.3. The third kappa shape index (κ3) is 5.62. The van der Waals surface area contributed by atoms with E-state index in [4.69, 9.17) is 4.74 Å². The molecule has 0 saturated carbocycles. The summed E-state index contributed by atoms with van der Waals surface area (Å²) in [7, 11) is 0. The molecule has 0 unspecified atom stereocenters. The van der Waals surface area contributed by atoms with Gasteiger partial charge in [0.1, 0.15) is 6.04 Å². The van der Waals surface area contributed by atoms with Crippen molar-refractivity contribution >= 4 is 40.3 Å². The molecule has 0 bridgehead atoms. The molecule has 1 atom stereocenters. The molecule has 4 amide bonds. The molecule has 3 heterocycles. The van der Waals surface area contributed by atoms with Gasteiger partial charge in [-0.3, -0.25) is 29.0 Å². The van der Waals surface area contributed by atoms with Gasteiger partial charge in [-0.25, -0.2) is 0 Å². The summed E-state index contributed by atoms with van der Waals surface area (Å²) in [6.45, 7) is 1.46. The molecule has 2 N–H and O–H groups in total. The van der Waals surface area contributed by atoms with Gasteiger partial charge in [-0.15, -0.1) is 0 Å². The van der Waals surface area contributed by atoms with Gasteiger partial charge in [0.05, 0.1) is 37.4 Å². The number of hydrogen-bond acceptors (Lipinski definition) is 7. The molecule has 2 fully saturated rings. The van der Waals surface area contributed by atoms with E-state index in [0.717, 1.165) is 0 Å². The first-order valence-corrected chi connectivity index (χ1v) is 11.5. The van der Waals surface area contributed by atoms with Gasteiger partial charge in [0.15, 0.2) is 0 Å². The number of ether oxygens (including phenoxy) is 1. The number of Topliss-reactive ketones (excluding diaryl/α,β-unsaturated/α-hetero) is 1. The Balaban J connectivity index is 1.30. The van der Waals surface area contributed by atoms with Gasteiger partial charge in [-0.2, -0.15) is 0 Å². The Morgan fingerprint density at radius 3 is 2.49 bits per heavy atom. The Labute approximate surface area is 201 Å². The lowest BCUT2D eigenvalue weighted by Gasteiger charge is -2.27. The van der Waals surface area contributed by atoms with Crippen molar-refractivity contribution in [3.63, 3.8) is 0 Å². The van der Waals surface area contributed by atoms with E-state index in [9.17, 15) is 24.0 Å².